The molecule has 1 atom stereocenters. The Balaban J connectivity index is 1.78. The Morgan fingerprint density at radius 2 is 1.67 bits per heavy atom. The molecule has 0 aliphatic rings. The third-order valence-corrected chi connectivity index (χ3v) is 6.56. The van der Waals surface area contributed by atoms with E-state index in [4.69, 9.17) is 9.84 Å². The fourth-order valence-corrected chi connectivity index (χ4v) is 4.55. The molecular weight excluding hydrogens is 517 g/mol. The molecule has 0 radical (unpaired) electrons. The van der Waals surface area contributed by atoms with Gasteiger partial charge < -0.3 is 9.84 Å². The van der Waals surface area contributed by atoms with Gasteiger partial charge in [0, 0.05) is 15.1 Å². The molecule has 0 amide bonds. The molecule has 3 rings (SSSR count). The summed E-state index contributed by atoms with van der Waals surface area (Å²) in [6, 6.07) is 21.0. The second-order valence-corrected chi connectivity index (χ2v) is 8.84. The second kappa shape index (κ2) is 12.0. The molecule has 172 valence electrons. The molecule has 0 spiro atoms. The van der Waals surface area contributed by atoms with Gasteiger partial charge >= 0.3 is 5.97 Å². The number of halogens is 4. The highest BCUT2D eigenvalue weighted by molar-refractivity contribution is 9.10. The smallest absolute Gasteiger partial charge is 0.341 e. The molecule has 0 saturated heterocycles. The van der Waals surface area contributed by atoms with Gasteiger partial charge in [0.1, 0.15) is 5.75 Å². The minimum Gasteiger partial charge on any atom is -0.482 e. The molecular formula is C25H20BrF3O3S. The first-order valence-electron chi connectivity index (χ1n) is 9.90. The van der Waals surface area contributed by atoms with Crippen molar-refractivity contribution in [2.45, 2.75) is 17.5 Å². The van der Waals surface area contributed by atoms with Crippen LogP contribution < -0.4 is 4.74 Å². The van der Waals surface area contributed by atoms with E-state index in [9.17, 15) is 18.0 Å². The SMILES string of the molecule is O=C(O)COc1ccc(SCC=C(c2ccccc2)c2ccc(C(F)C(F)F)cc2)c(Br)c1. The highest BCUT2D eigenvalue weighted by atomic mass is 79.9. The number of carboxylic acid groups (broad SMARTS) is 1. The molecule has 0 heterocycles. The first-order chi connectivity index (χ1) is 15.8. The fraction of sp³-hybridized carbons (Fsp3) is 0.160. The first kappa shape index (κ1) is 24.9. The normalized spacial score (nSPS) is 12.6. The Morgan fingerprint density at radius 1 is 1.00 bits per heavy atom. The van der Waals surface area contributed by atoms with Crippen molar-refractivity contribution in [1.29, 1.82) is 0 Å². The minimum absolute atomic E-state index is 0.0512. The van der Waals surface area contributed by atoms with Gasteiger partial charge in [0.2, 0.25) is 0 Å². The quantitative estimate of drug-likeness (QED) is 0.274. The summed E-state index contributed by atoms with van der Waals surface area (Å²) in [7, 11) is 0. The van der Waals surface area contributed by atoms with Crippen molar-refractivity contribution in [3.63, 3.8) is 0 Å². The van der Waals surface area contributed by atoms with Gasteiger partial charge in [-0.15, -0.1) is 11.8 Å². The summed E-state index contributed by atoms with van der Waals surface area (Å²) in [5, 5.41) is 8.72. The van der Waals surface area contributed by atoms with Crippen LogP contribution in [0, 0.1) is 0 Å². The Kier molecular flexibility index (Phi) is 9.03. The van der Waals surface area contributed by atoms with E-state index < -0.39 is 25.2 Å². The number of rotatable bonds is 10. The summed E-state index contributed by atoms with van der Waals surface area (Å²) in [5.41, 5.74) is 2.60. The lowest BCUT2D eigenvalue weighted by molar-refractivity contribution is -0.139. The molecule has 8 heteroatoms. The predicted octanol–water partition coefficient (Wildman–Crippen LogP) is 7.41. The summed E-state index contributed by atoms with van der Waals surface area (Å²) in [6.45, 7) is -0.415. The number of hydrogen-bond donors (Lipinski definition) is 1. The standard InChI is InChI=1S/C25H20BrF3O3S/c26-21-14-19(32-15-23(30)31)10-11-22(21)33-13-12-20(16-4-2-1-3-5-16)17-6-8-18(9-7-17)24(27)25(28)29/h1-12,14,24-25H,13,15H2,(H,30,31). The topological polar surface area (TPSA) is 46.5 Å². The van der Waals surface area contributed by atoms with Crippen LogP contribution in [0.3, 0.4) is 0 Å². The lowest BCUT2D eigenvalue weighted by Crippen LogP contribution is -2.09. The summed E-state index contributed by atoms with van der Waals surface area (Å²) >= 11 is 5.03. The van der Waals surface area contributed by atoms with Crippen molar-refractivity contribution in [1.82, 2.24) is 0 Å². The van der Waals surface area contributed by atoms with Crippen LogP contribution >= 0.6 is 27.7 Å². The van der Waals surface area contributed by atoms with Crippen LogP contribution in [0.4, 0.5) is 13.2 Å². The molecule has 33 heavy (non-hydrogen) atoms. The maximum atomic E-state index is 13.6. The van der Waals surface area contributed by atoms with Gasteiger partial charge in [-0.3, -0.25) is 0 Å². The number of carboxylic acids is 1. The lowest BCUT2D eigenvalue weighted by atomic mass is 9.96. The molecule has 0 aliphatic carbocycles. The van der Waals surface area contributed by atoms with Crippen molar-refractivity contribution in [2.24, 2.45) is 0 Å². The van der Waals surface area contributed by atoms with Crippen molar-refractivity contribution in [2.75, 3.05) is 12.4 Å². The maximum absolute atomic E-state index is 13.6. The van der Waals surface area contributed by atoms with Gasteiger partial charge in [0.25, 0.3) is 6.43 Å². The third-order valence-electron chi connectivity index (χ3n) is 4.64. The Bertz CT molecular complexity index is 1110. The molecule has 3 aromatic rings. The Morgan fingerprint density at radius 3 is 2.27 bits per heavy atom. The number of alkyl halides is 3. The number of carbonyl (C=O) groups is 1. The van der Waals surface area contributed by atoms with Gasteiger partial charge in [-0.05, 0) is 56.4 Å². The molecule has 0 aliphatic heterocycles. The largest absolute Gasteiger partial charge is 0.482 e. The van der Waals surface area contributed by atoms with E-state index in [0.29, 0.717) is 11.5 Å². The van der Waals surface area contributed by atoms with E-state index >= 15 is 0 Å². The van der Waals surface area contributed by atoms with E-state index in [-0.39, 0.29) is 5.56 Å². The van der Waals surface area contributed by atoms with E-state index in [1.54, 1.807) is 36.0 Å². The van der Waals surface area contributed by atoms with E-state index in [2.05, 4.69) is 15.9 Å². The zero-order valence-electron chi connectivity index (χ0n) is 17.3. The van der Waals surface area contributed by atoms with Crippen LogP contribution in [-0.4, -0.2) is 29.9 Å². The van der Waals surface area contributed by atoms with Gasteiger partial charge in [-0.25, -0.2) is 18.0 Å². The van der Waals surface area contributed by atoms with Crippen LogP contribution in [0.25, 0.3) is 5.57 Å². The number of hydrogen-bond acceptors (Lipinski definition) is 3. The lowest BCUT2D eigenvalue weighted by Gasteiger charge is -2.12. The Labute approximate surface area is 202 Å². The van der Waals surface area contributed by atoms with Gasteiger partial charge in [0.05, 0.1) is 0 Å². The number of thioether (sulfide) groups is 1. The third kappa shape index (κ3) is 7.14. The van der Waals surface area contributed by atoms with Crippen LogP contribution in [0.5, 0.6) is 5.75 Å². The van der Waals surface area contributed by atoms with Crippen molar-refractivity contribution >= 4 is 39.2 Å². The van der Waals surface area contributed by atoms with Crippen molar-refractivity contribution in [3.05, 3.63) is 100 Å². The molecule has 0 aromatic heterocycles. The molecule has 3 nitrogen and oxygen atoms in total. The van der Waals surface area contributed by atoms with Gasteiger partial charge in [0.15, 0.2) is 12.8 Å². The van der Waals surface area contributed by atoms with E-state index in [1.165, 1.54) is 12.1 Å². The highest BCUT2D eigenvalue weighted by Crippen LogP contribution is 2.33. The summed E-state index contributed by atoms with van der Waals surface area (Å²) < 4.78 is 44.9. The van der Waals surface area contributed by atoms with Crippen molar-refractivity contribution < 1.29 is 27.8 Å². The summed E-state index contributed by atoms with van der Waals surface area (Å²) in [5.74, 6) is -0.000470. The summed E-state index contributed by atoms with van der Waals surface area (Å²) in [6.07, 6.45) is -3.34. The fourth-order valence-electron chi connectivity index (χ4n) is 3.06. The van der Waals surface area contributed by atoms with Gasteiger partial charge in [-0.1, -0.05) is 60.7 Å². The average Bonchev–Trinajstić information content (AvgIpc) is 2.81. The predicted molar refractivity (Wildman–Crippen MR) is 128 cm³/mol. The second-order valence-electron chi connectivity index (χ2n) is 6.93. The average molecular weight is 537 g/mol. The zero-order chi connectivity index (χ0) is 23.8. The van der Waals surface area contributed by atoms with Gasteiger partial charge in [-0.2, -0.15) is 0 Å². The molecule has 3 aromatic carbocycles. The maximum Gasteiger partial charge on any atom is 0.341 e. The number of benzene rings is 3. The van der Waals surface area contributed by atoms with Crippen molar-refractivity contribution in [3.8, 4) is 5.75 Å². The highest BCUT2D eigenvalue weighted by Gasteiger charge is 2.21. The van der Waals surface area contributed by atoms with Crippen LogP contribution in [-0.2, 0) is 4.79 Å². The number of aliphatic carboxylic acids is 1. The molecule has 0 saturated carbocycles. The minimum atomic E-state index is -3.06. The van der Waals surface area contributed by atoms with E-state index in [1.807, 2.05) is 42.5 Å². The Hall–Kier alpha value is -2.71. The summed E-state index contributed by atoms with van der Waals surface area (Å²) in [4.78, 5) is 11.6. The molecule has 1 N–H and O–H groups in total. The zero-order valence-corrected chi connectivity index (χ0v) is 19.7. The number of ether oxygens (including phenoxy) is 1. The molecule has 1 unspecified atom stereocenters. The molecule has 0 fully saturated rings. The van der Waals surface area contributed by atoms with Crippen LogP contribution in [0.15, 0.2) is 88.2 Å². The van der Waals surface area contributed by atoms with Crippen LogP contribution in [0.2, 0.25) is 0 Å². The van der Waals surface area contributed by atoms with Crippen LogP contribution in [0.1, 0.15) is 22.9 Å². The monoisotopic (exact) mass is 536 g/mol. The van der Waals surface area contributed by atoms with E-state index in [0.717, 1.165) is 26.1 Å². The molecule has 0 bridgehead atoms. The first-order valence-corrected chi connectivity index (χ1v) is 11.7.